The van der Waals surface area contributed by atoms with Gasteiger partial charge in [0.2, 0.25) is 5.91 Å². The summed E-state index contributed by atoms with van der Waals surface area (Å²) >= 11 is 0. The topological polar surface area (TPSA) is 75.3 Å². The molecule has 2 N–H and O–H groups in total. The van der Waals surface area contributed by atoms with Gasteiger partial charge in [0.05, 0.1) is 10.6 Å². The molecule has 0 spiro atoms. The van der Waals surface area contributed by atoms with E-state index in [1.54, 1.807) is 0 Å². The van der Waals surface area contributed by atoms with Gasteiger partial charge in [0.25, 0.3) is 0 Å². The minimum atomic E-state index is -3.44. The highest BCUT2D eigenvalue weighted by atomic mass is 32.2. The number of rotatable bonds is 6. The van der Waals surface area contributed by atoms with Crippen LogP contribution in [0.25, 0.3) is 0 Å². The van der Waals surface area contributed by atoms with Crippen LogP contribution in [-0.2, 0) is 14.6 Å². The quantitative estimate of drug-likeness (QED) is 0.782. The second-order valence-electron chi connectivity index (χ2n) is 4.82. The van der Waals surface area contributed by atoms with Crippen molar-refractivity contribution in [1.82, 2.24) is 5.32 Å². The van der Waals surface area contributed by atoms with Crippen molar-refractivity contribution in [2.24, 2.45) is 0 Å². The molecule has 0 unspecified atom stereocenters. The third-order valence-corrected chi connectivity index (χ3v) is 3.65. The van der Waals surface area contributed by atoms with E-state index in [0.29, 0.717) is 6.54 Å². The number of nitrogens with one attached hydrogen (secondary N) is 2. The normalized spacial score (nSPS) is 11.7. The summed E-state index contributed by atoms with van der Waals surface area (Å²) in [4.78, 5) is 11.6. The van der Waals surface area contributed by atoms with Gasteiger partial charge in [-0.15, -0.1) is 0 Å². The number of benzene rings is 1. The molecule has 0 bridgehead atoms. The van der Waals surface area contributed by atoms with Gasteiger partial charge in [-0.3, -0.25) is 4.79 Å². The van der Waals surface area contributed by atoms with E-state index >= 15 is 0 Å². The van der Waals surface area contributed by atoms with Crippen LogP contribution in [0.3, 0.4) is 0 Å². The molecule has 1 aromatic carbocycles. The Labute approximate surface area is 118 Å². The van der Waals surface area contributed by atoms with E-state index in [0.717, 1.165) is 18.4 Å². The molecule has 1 aromatic rings. The molecule has 7 heteroatoms. The van der Waals surface area contributed by atoms with E-state index in [4.69, 9.17) is 0 Å². The van der Waals surface area contributed by atoms with Gasteiger partial charge in [0.15, 0.2) is 9.84 Å². The summed E-state index contributed by atoms with van der Waals surface area (Å²) in [6.45, 7) is 4.37. The van der Waals surface area contributed by atoms with Gasteiger partial charge in [-0.2, -0.15) is 0 Å². The molecular formula is C13H19FN2O3S. The first-order valence-electron chi connectivity index (χ1n) is 6.23. The third-order valence-electron chi connectivity index (χ3n) is 2.54. The van der Waals surface area contributed by atoms with E-state index in [-0.39, 0.29) is 29.0 Å². The first-order valence-corrected chi connectivity index (χ1v) is 8.12. The van der Waals surface area contributed by atoms with E-state index < -0.39 is 15.7 Å². The second-order valence-corrected chi connectivity index (χ2v) is 6.84. The molecule has 0 atom stereocenters. The first kappa shape index (κ1) is 16.6. The van der Waals surface area contributed by atoms with Gasteiger partial charge < -0.3 is 10.6 Å². The minimum Gasteiger partial charge on any atom is -0.324 e. The number of anilines is 1. The molecule has 0 saturated carbocycles. The lowest BCUT2D eigenvalue weighted by Crippen LogP contribution is -2.27. The van der Waals surface area contributed by atoms with Gasteiger partial charge in [-0.05, 0) is 18.2 Å². The van der Waals surface area contributed by atoms with Crippen LogP contribution < -0.4 is 10.6 Å². The fraction of sp³-hybridized carbons (Fsp3) is 0.462. The standard InChI is InChI=1S/C13H19FN2O3S/c1-9(2)15-7-6-13(17)16-12-8-10(20(3,18)19)4-5-11(12)14/h4-5,8-9,15H,6-7H2,1-3H3,(H,16,17). The van der Waals surface area contributed by atoms with E-state index in [9.17, 15) is 17.6 Å². The summed E-state index contributed by atoms with van der Waals surface area (Å²) < 4.78 is 36.3. The summed E-state index contributed by atoms with van der Waals surface area (Å²) in [7, 11) is -3.44. The molecule has 0 aliphatic carbocycles. The number of hydrogen-bond acceptors (Lipinski definition) is 4. The number of carbonyl (C=O) groups excluding carboxylic acids is 1. The highest BCUT2D eigenvalue weighted by molar-refractivity contribution is 7.90. The Morgan fingerprint density at radius 2 is 2.00 bits per heavy atom. The second kappa shape index (κ2) is 6.81. The van der Waals surface area contributed by atoms with Crippen molar-refractivity contribution in [2.75, 3.05) is 18.1 Å². The molecular weight excluding hydrogens is 283 g/mol. The first-order chi connectivity index (χ1) is 9.20. The van der Waals surface area contributed by atoms with Crippen LogP contribution in [-0.4, -0.2) is 33.2 Å². The van der Waals surface area contributed by atoms with Gasteiger partial charge in [0.1, 0.15) is 5.82 Å². The van der Waals surface area contributed by atoms with Crippen molar-refractivity contribution in [3.63, 3.8) is 0 Å². The number of carbonyl (C=O) groups is 1. The summed E-state index contributed by atoms with van der Waals surface area (Å²) in [6, 6.07) is 3.57. The Hall–Kier alpha value is -1.47. The fourth-order valence-corrected chi connectivity index (χ4v) is 2.17. The van der Waals surface area contributed by atoms with Crippen LogP contribution in [0.4, 0.5) is 10.1 Å². The Morgan fingerprint density at radius 1 is 1.35 bits per heavy atom. The zero-order chi connectivity index (χ0) is 15.3. The summed E-state index contributed by atoms with van der Waals surface area (Å²) in [6.07, 6.45) is 1.21. The zero-order valence-electron chi connectivity index (χ0n) is 11.7. The van der Waals surface area contributed by atoms with Crippen molar-refractivity contribution in [3.05, 3.63) is 24.0 Å². The molecule has 112 valence electrons. The van der Waals surface area contributed by atoms with Gasteiger partial charge in [-0.1, -0.05) is 13.8 Å². The average Bonchev–Trinajstić information content (AvgIpc) is 2.30. The predicted molar refractivity (Wildman–Crippen MR) is 75.9 cm³/mol. The van der Waals surface area contributed by atoms with Crippen molar-refractivity contribution in [3.8, 4) is 0 Å². The minimum absolute atomic E-state index is 0.0329. The molecule has 0 heterocycles. The Kier molecular flexibility index (Phi) is 5.64. The summed E-state index contributed by atoms with van der Waals surface area (Å²) in [5.41, 5.74) is -0.123. The average molecular weight is 302 g/mol. The Balaban J connectivity index is 2.74. The number of amides is 1. The number of hydrogen-bond donors (Lipinski definition) is 2. The van der Waals surface area contributed by atoms with E-state index in [2.05, 4.69) is 10.6 Å². The van der Waals surface area contributed by atoms with Crippen LogP contribution in [0, 0.1) is 5.82 Å². The third kappa shape index (κ3) is 5.26. The summed E-state index contributed by atoms with van der Waals surface area (Å²) in [5, 5.41) is 5.44. The molecule has 1 rings (SSSR count). The molecule has 0 saturated heterocycles. The van der Waals surface area contributed by atoms with Crippen molar-refractivity contribution >= 4 is 21.4 Å². The predicted octanol–water partition coefficient (Wildman–Crippen LogP) is 1.56. The van der Waals surface area contributed by atoms with Crippen LogP contribution in [0.5, 0.6) is 0 Å². The molecule has 5 nitrogen and oxygen atoms in total. The molecule has 20 heavy (non-hydrogen) atoms. The highest BCUT2D eigenvalue weighted by Gasteiger charge is 2.13. The highest BCUT2D eigenvalue weighted by Crippen LogP contribution is 2.19. The van der Waals surface area contributed by atoms with Crippen LogP contribution >= 0.6 is 0 Å². The molecule has 0 radical (unpaired) electrons. The Morgan fingerprint density at radius 3 is 2.55 bits per heavy atom. The van der Waals surface area contributed by atoms with Crippen molar-refractivity contribution < 1.29 is 17.6 Å². The van der Waals surface area contributed by atoms with Gasteiger partial charge in [-0.25, -0.2) is 12.8 Å². The smallest absolute Gasteiger partial charge is 0.225 e. The van der Waals surface area contributed by atoms with E-state index in [1.165, 1.54) is 6.07 Å². The lowest BCUT2D eigenvalue weighted by atomic mass is 10.3. The monoisotopic (exact) mass is 302 g/mol. The number of halogens is 1. The Bertz CT molecular complexity index is 585. The maximum Gasteiger partial charge on any atom is 0.225 e. The zero-order valence-corrected chi connectivity index (χ0v) is 12.6. The maximum absolute atomic E-state index is 13.5. The van der Waals surface area contributed by atoms with Crippen LogP contribution in [0.2, 0.25) is 0 Å². The summed E-state index contributed by atoms with van der Waals surface area (Å²) in [5.74, 6) is -1.04. The lowest BCUT2D eigenvalue weighted by Gasteiger charge is -2.10. The van der Waals surface area contributed by atoms with E-state index in [1.807, 2.05) is 13.8 Å². The van der Waals surface area contributed by atoms with Crippen molar-refractivity contribution in [2.45, 2.75) is 31.2 Å². The van der Waals surface area contributed by atoms with Crippen LogP contribution in [0.15, 0.2) is 23.1 Å². The van der Waals surface area contributed by atoms with Gasteiger partial charge in [0, 0.05) is 25.3 Å². The van der Waals surface area contributed by atoms with Crippen molar-refractivity contribution in [1.29, 1.82) is 0 Å². The van der Waals surface area contributed by atoms with Gasteiger partial charge >= 0.3 is 0 Å². The molecule has 0 aromatic heterocycles. The molecule has 0 aliphatic heterocycles. The largest absolute Gasteiger partial charge is 0.324 e. The number of sulfone groups is 1. The SMILES string of the molecule is CC(C)NCCC(=O)Nc1cc(S(C)(=O)=O)ccc1F. The maximum atomic E-state index is 13.5. The van der Waals surface area contributed by atoms with Crippen LogP contribution in [0.1, 0.15) is 20.3 Å². The molecule has 0 aliphatic rings. The fourth-order valence-electron chi connectivity index (χ4n) is 1.52. The molecule has 1 amide bonds. The lowest BCUT2D eigenvalue weighted by molar-refractivity contribution is -0.116. The molecule has 0 fully saturated rings.